The van der Waals surface area contributed by atoms with E-state index in [-0.39, 0.29) is 6.61 Å². The Labute approximate surface area is 63.4 Å². The quantitative estimate of drug-likeness (QED) is 0.243. The number of hydrogen-bond acceptors (Lipinski definition) is 4. The van der Waals surface area contributed by atoms with Crippen molar-refractivity contribution in [1.29, 1.82) is 5.26 Å². The minimum absolute atomic E-state index is 0.0987. The molecule has 0 aliphatic rings. The van der Waals surface area contributed by atoms with Gasteiger partial charge in [-0.3, -0.25) is 4.79 Å². The maximum atomic E-state index is 10.3. The summed E-state index contributed by atoms with van der Waals surface area (Å²) in [6.07, 6.45) is 4.79. The van der Waals surface area contributed by atoms with Crippen molar-refractivity contribution < 1.29 is 9.63 Å². The SMILES string of the molecule is C#CCO/N=C(/C#N)C(N)=O. The highest BCUT2D eigenvalue weighted by molar-refractivity contribution is 6.44. The van der Waals surface area contributed by atoms with Crippen LogP contribution in [0.5, 0.6) is 0 Å². The first kappa shape index (κ1) is 8.99. The van der Waals surface area contributed by atoms with Crippen molar-refractivity contribution in [3.05, 3.63) is 0 Å². The van der Waals surface area contributed by atoms with Crippen LogP contribution in [0.25, 0.3) is 0 Å². The van der Waals surface area contributed by atoms with Gasteiger partial charge in [-0.25, -0.2) is 0 Å². The fourth-order valence-electron chi connectivity index (χ4n) is 0.255. The van der Waals surface area contributed by atoms with Gasteiger partial charge in [0.1, 0.15) is 6.07 Å². The van der Waals surface area contributed by atoms with E-state index in [0.29, 0.717) is 0 Å². The number of terminal acetylenes is 1. The highest BCUT2D eigenvalue weighted by atomic mass is 16.6. The first-order valence-corrected chi connectivity index (χ1v) is 2.55. The van der Waals surface area contributed by atoms with Gasteiger partial charge >= 0.3 is 0 Å². The summed E-state index contributed by atoms with van der Waals surface area (Å²) < 4.78 is 0. The average Bonchev–Trinajstić information content (AvgIpc) is 1.97. The topological polar surface area (TPSA) is 88.5 Å². The first-order valence-electron chi connectivity index (χ1n) is 2.55. The lowest BCUT2D eigenvalue weighted by atomic mass is 10.4. The van der Waals surface area contributed by atoms with Crippen molar-refractivity contribution in [2.24, 2.45) is 10.9 Å². The van der Waals surface area contributed by atoms with Crippen molar-refractivity contribution >= 4 is 11.6 Å². The van der Waals surface area contributed by atoms with Gasteiger partial charge in [-0.1, -0.05) is 11.1 Å². The third-order valence-corrected chi connectivity index (χ3v) is 0.643. The fourth-order valence-corrected chi connectivity index (χ4v) is 0.255. The molecule has 56 valence electrons. The molecule has 5 nitrogen and oxygen atoms in total. The number of amides is 1. The molecular formula is C6H5N3O2. The van der Waals surface area contributed by atoms with Crippen LogP contribution in [0.15, 0.2) is 5.16 Å². The van der Waals surface area contributed by atoms with Crippen LogP contribution in [0.1, 0.15) is 0 Å². The molecule has 11 heavy (non-hydrogen) atoms. The van der Waals surface area contributed by atoms with Gasteiger partial charge in [0.05, 0.1) is 0 Å². The molecule has 0 saturated heterocycles. The minimum atomic E-state index is -0.940. The van der Waals surface area contributed by atoms with Gasteiger partial charge in [-0.2, -0.15) is 5.26 Å². The summed E-state index contributed by atoms with van der Waals surface area (Å²) in [5.74, 6) is 1.15. The second-order valence-corrected chi connectivity index (χ2v) is 1.39. The summed E-state index contributed by atoms with van der Waals surface area (Å²) in [7, 11) is 0. The summed E-state index contributed by atoms with van der Waals surface area (Å²) in [5.41, 5.74) is 4.21. The Morgan fingerprint density at radius 2 is 2.45 bits per heavy atom. The number of nitrogens with two attached hydrogens (primary N) is 1. The second kappa shape index (κ2) is 4.83. The van der Waals surface area contributed by atoms with Gasteiger partial charge < -0.3 is 10.6 Å². The van der Waals surface area contributed by atoms with Crippen LogP contribution in [-0.4, -0.2) is 18.2 Å². The van der Waals surface area contributed by atoms with Crippen LogP contribution in [-0.2, 0) is 9.63 Å². The van der Waals surface area contributed by atoms with E-state index < -0.39 is 11.6 Å². The molecular weight excluding hydrogens is 146 g/mol. The number of carbonyl (C=O) groups excluding carboxylic acids is 1. The van der Waals surface area contributed by atoms with Crippen LogP contribution in [0.4, 0.5) is 0 Å². The standard InChI is InChI=1S/C6H5N3O2/c1-2-3-11-9-5(4-7)6(8)10/h1H,3H2,(H2,8,10)/b9-5-. The zero-order valence-corrected chi connectivity index (χ0v) is 5.57. The van der Waals surface area contributed by atoms with E-state index in [1.54, 1.807) is 0 Å². The number of nitrogens with zero attached hydrogens (tertiary/aromatic N) is 2. The monoisotopic (exact) mass is 151 g/mol. The van der Waals surface area contributed by atoms with Gasteiger partial charge in [0.15, 0.2) is 6.61 Å². The third-order valence-electron chi connectivity index (χ3n) is 0.643. The molecule has 0 unspecified atom stereocenters. The van der Waals surface area contributed by atoms with E-state index in [1.807, 2.05) is 0 Å². The minimum Gasteiger partial charge on any atom is -0.381 e. The van der Waals surface area contributed by atoms with Gasteiger partial charge in [0.25, 0.3) is 5.91 Å². The molecule has 1 amide bonds. The number of rotatable bonds is 3. The van der Waals surface area contributed by atoms with Crippen molar-refractivity contribution in [2.45, 2.75) is 0 Å². The van der Waals surface area contributed by atoms with Crippen molar-refractivity contribution in [1.82, 2.24) is 0 Å². The van der Waals surface area contributed by atoms with Crippen LogP contribution >= 0.6 is 0 Å². The molecule has 0 aromatic carbocycles. The average molecular weight is 151 g/mol. The lowest BCUT2D eigenvalue weighted by Crippen LogP contribution is -2.21. The maximum Gasteiger partial charge on any atom is 0.281 e. The zero-order valence-electron chi connectivity index (χ0n) is 5.57. The predicted molar refractivity (Wildman–Crippen MR) is 37.0 cm³/mol. The highest BCUT2D eigenvalue weighted by Crippen LogP contribution is 1.78. The van der Waals surface area contributed by atoms with Crippen molar-refractivity contribution in [3.8, 4) is 18.4 Å². The summed E-state index contributed by atoms with van der Waals surface area (Å²) in [6, 6.07) is 1.44. The summed E-state index contributed by atoms with van der Waals surface area (Å²) in [4.78, 5) is 14.6. The van der Waals surface area contributed by atoms with E-state index in [4.69, 9.17) is 17.4 Å². The maximum absolute atomic E-state index is 10.3. The Morgan fingerprint density at radius 3 is 2.82 bits per heavy atom. The molecule has 0 rings (SSSR count). The number of oxime groups is 1. The van der Waals surface area contributed by atoms with Crippen LogP contribution in [0.2, 0.25) is 0 Å². The smallest absolute Gasteiger partial charge is 0.281 e. The number of carbonyl (C=O) groups is 1. The Kier molecular flexibility index (Phi) is 3.95. The predicted octanol–water partition coefficient (Wildman–Crippen LogP) is -0.999. The van der Waals surface area contributed by atoms with Gasteiger partial charge in [0.2, 0.25) is 5.71 Å². The molecule has 0 spiro atoms. The zero-order chi connectivity index (χ0) is 8.69. The Hall–Kier alpha value is -2.01. The van der Waals surface area contributed by atoms with E-state index in [9.17, 15) is 4.79 Å². The first-order chi connectivity index (χ1) is 5.22. The lowest BCUT2D eigenvalue weighted by molar-refractivity contribution is -0.112. The van der Waals surface area contributed by atoms with Gasteiger partial charge in [0, 0.05) is 0 Å². The molecule has 0 atom stereocenters. The molecule has 0 saturated carbocycles. The van der Waals surface area contributed by atoms with E-state index >= 15 is 0 Å². The van der Waals surface area contributed by atoms with Gasteiger partial charge in [-0.15, -0.1) is 6.42 Å². The molecule has 0 aromatic heterocycles. The lowest BCUT2D eigenvalue weighted by Gasteiger charge is -1.90. The Morgan fingerprint density at radius 1 is 1.82 bits per heavy atom. The molecule has 0 heterocycles. The fraction of sp³-hybridized carbons (Fsp3) is 0.167. The summed E-state index contributed by atoms with van der Waals surface area (Å²) in [6.45, 7) is -0.0987. The molecule has 0 fully saturated rings. The molecule has 0 bridgehead atoms. The third kappa shape index (κ3) is 3.55. The highest BCUT2D eigenvalue weighted by Gasteiger charge is 2.04. The molecule has 2 N–H and O–H groups in total. The molecule has 0 aliphatic heterocycles. The Balaban J connectivity index is 4.08. The number of primary amides is 1. The van der Waals surface area contributed by atoms with Crippen LogP contribution in [0.3, 0.4) is 0 Å². The second-order valence-electron chi connectivity index (χ2n) is 1.39. The van der Waals surface area contributed by atoms with Crippen LogP contribution < -0.4 is 5.73 Å². The van der Waals surface area contributed by atoms with Gasteiger partial charge in [-0.05, 0) is 0 Å². The van der Waals surface area contributed by atoms with Crippen molar-refractivity contribution in [3.63, 3.8) is 0 Å². The number of nitriles is 1. The van der Waals surface area contributed by atoms with E-state index in [2.05, 4.69) is 15.9 Å². The molecule has 5 heteroatoms. The largest absolute Gasteiger partial charge is 0.381 e. The number of hydrogen-bond donors (Lipinski definition) is 1. The normalized spacial score (nSPS) is 9.45. The molecule has 0 aliphatic carbocycles. The molecule has 0 aromatic rings. The molecule has 0 radical (unpaired) electrons. The summed E-state index contributed by atoms with van der Waals surface area (Å²) in [5, 5.41) is 11.3. The Bertz CT molecular complexity index is 256. The summed E-state index contributed by atoms with van der Waals surface area (Å²) >= 11 is 0. The van der Waals surface area contributed by atoms with Crippen LogP contribution in [0, 0.1) is 23.7 Å². The van der Waals surface area contributed by atoms with E-state index in [0.717, 1.165) is 0 Å². The van der Waals surface area contributed by atoms with Crippen molar-refractivity contribution in [2.75, 3.05) is 6.61 Å². The van der Waals surface area contributed by atoms with E-state index in [1.165, 1.54) is 6.07 Å².